The van der Waals surface area contributed by atoms with Gasteiger partial charge in [-0.1, -0.05) is 170 Å². The fraction of sp³-hybridized carbons (Fsp3) is 0. The maximum Gasteiger partial charge on any atom is 0.0645 e. The van der Waals surface area contributed by atoms with E-state index in [0.717, 1.165) is 43.8 Å². The highest BCUT2D eigenvalue weighted by atomic mass is 15.1. The Labute approximate surface area is 310 Å². The van der Waals surface area contributed by atoms with E-state index in [1.54, 1.807) is 42.5 Å². The lowest BCUT2D eigenvalue weighted by Gasteiger charge is -2.26. The Morgan fingerprint density at radius 3 is 1.37 bits per heavy atom. The van der Waals surface area contributed by atoms with Crippen LogP contribution in [0.5, 0.6) is 0 Å². The molecule has 1 nitrogen and oxygen atoms in total. The molecular formula is C50H35N. The van der Waals surface area contributed by atoms with Crippen LogP contribution in [-0.2, 0) is 0 Å². The van der Waals surface area contributed by atoms with Gasteiger partial charge in [-0.2, -0.15) is 0 Å². The highest BCUT2D eigenvalue weighted by Gasteiger charge is 2.15. The third-order valence-electron chi connectivity index (χ3n) is 9.21. The van der Waals surface area contributed by atoms with Crippen molar-refractivity contribution in [2.75, 3.05) is 4.90 Å². The monoisotopic (exact) mass is 657 g/mol. The van der Waals surface area contributed by atoms with E-state index < -0.39 is 0 Å². The number of anilines is 3. The molecule has 9 aromatic rings. The maximum atomic E-state index is 9.48. The summed E-state index contributed by atoms with van der Waals surface area (Å²) in [5.41, 5.74) is 5.21. The van der Waals surface area contributed by atoms with E-state index >= 15 is 0 Å². The Morgan fingerprint density at radius 2 is 0.745 bits per heavy atom. The molecule has 0 aliphatic heterocycles. The molecule has 0 saturated heterocycles. The smallest absolute Gasteiger partial charge is 0.0645 e. The van der Waals surface area contributed by atoms with E-state index in [4.69, 9.17) is 2.74 Å². The molecule has 0 fully saturated rings. The molecule has 9 rings (SSSR count). The minimum absolute atomic E-state index is 0.122. The van der Waals surface area contributed by atoms with Gasteiger partial charge in [-0.15, -0.1) is 0 Å². The molecule has 0 aliphatic carbocycles. The summed E-state index contributed by atoms with van der Waals surface area (Å²) in [5, 5.41) is 3.95. The van der Waals surface area contributed by atoms with Gasteiger partial charge in [0.15, 0.2) is 0 Å². The Morgan fingerprint density at radius 1 is 0.294 bits per heavy atom. The van der Waals surface area contributed by atoms with Crippen LogP contribution in [0.3, 0.4) is 0 Å². The SMILES string of the molecule is [2H]c1c([2H])c(N(c2ccc(-c3cccc(-c4cccc5ccccc45)c3)cc2)c2c([2H])c([2H])c(-c3cccc4ccccc34)c([2H])c2[2H])c([2H])c([2H])c1-c1ccccc1. The zero-order valence-corrected chi connectivity index (χ0v) is 27.5. The zero-order valence-electron chi connectivity index (χ0n) is 35.5. The van der Waals surface area contributed by atoms with Gasteiger partial charge in [0.2, 0.25) is 0 Å². The average Bonchev–Trinajstić information content (AvgIpc) is 3.28. The molecule has 1 heteroatoms. The first-order valence-electron chi connectivity index (χ1n) is 20.9. The second-order valence-corrected chi connectivity index (χ2v) is 12.3. The van der Waals surface area contributed by atoms with Gasteiger partial charge in [-0.25, -0.2) is 0 Å². The van der Waals surface area contributed by atoms with Gasteiger partial charge < -0.3 is 4.90 Å². The third kappa shape index (κ3) is 5.96. The van der Waals surface area contributed by atoms with Crippen molar-refractivity contribution < 1.29 is 11.0 Å². The molecule has 0 radical (unpaired) electrons. The van der Waals surface area contributed by atoms with Gasteiger partial charge in [0.1, 0.15) is 0 Å². The molecule has 0 heterocycles. The van der Waals surface area contributed by atoms with E-state index in [9.17, 15) is 8.22 Å². The minimum atomic E-state index is -0.384. The van der Waals surface area contributed by atoms with E-state index in [0.29, 0.717) is 16.8 Å². The first-order valence-corrected chi connectivity index (χ1v) is 16.9. The normalized spacial score (nSPS) is 13.3. The van der Waals surface area contributed by atoms with Gasteiger partial charge >= 0.3 is 0 Å². The van der Waals surface area contributed by atoms with E-state index in [-0.39, 0.29) is 70.8 Å². The van der Waals surface area contributed by atoms with Gasteiger partial charge in [0.25, 0.3) is 0 Å². The summed E-state index contributed by atoms with van der Waals surface area (Å²) < 4.78 is 74.7. The van der Waals surface area contributed by atoms with Crippen molar-refractivity contribution in [1.29, 1.82) is 0 Å². The fourth-order valence-electron chi connectivity index (χ4n) is 6.68. The number of nitrogens with zero attached hydrogens (tertiary/aromatic N) is 1. The Kier molecular flexibility index (Phi) is 5.96. The molecule has 9 aromatic carbocycles. The fourth-order valence-corrected chi connectivity index (χ4v) is 6.68. The molecule has 0 unspecified atom stereocenters. The maximum absolute atomic E-state index is 9.48. The quantitative estimate of drug-likeness (QED) is 0.165. The molecule has 0 amide bonds. The summed E-state index contributed by atoms with van der Waals surface area (Å²) in [7, 11) is 0. The number of hydrogen-bond acceptors (Lipinski definition) is 1. The molecule has 0 N–H and O–H groups in total. The largest absolute Gasteiger partial charge is 0.311 e. The van der Waals surface area contributed by atoms with Crippen molar-refractivity contribution >= 4 is 38.6 Å². The zero-order chi connectivity index (χ0) is 40.9. The minimum Gasteiger partial charge on any atom is -0.311 e. The van der Waals surface area contributed by atoms with E-state index in [1.807, 2.05) is 84.9 Å². The molecular weight excluding hydrogens is 615 g/mol. The van der Waals surface area contributed by atoms with E-state index in [1.165, 1.54) is 4.90 Å². The lowest BCUT2D eigenvalue weighted by molar-refractivity contribution is 1.28. The Hall–Kier alpha value is -6.70. The Balaban J connectivity index is 1.24. The van der Waals surface area contributed by atoms with Crippen LogP contribution in [0.25, 0.3) is 66.1 Å². The van der Waals surface area contributed by atoms with Crippen LogP contribution in [0.1, 0.15) is 11.0 Å². The van der Waals surface area contributed by atoms with Crippen LogP contribution in [0.2, 0.25) is 0 Å². The van der Waals surface area contributed by atoms with Crippen molar-refractivity contribution in [1.82, 2.24) is 0 Å². The third-order valence-corrected chi connectivity index (χ3v) is 9.21. The molecule has 51 heavy (non-hydrogen) atoms. The van der Waals surface area contributed by atoms with Gasteiger partial charge in [0, 0.05) is 17.1 Å². The van der Waals surface area contributed by atoms with E-state index in [2.05, 4.69) is 36.4 Å². The van der Waals surface area contributed by atoms with Crippen LogP contribution in [0, 0.1) is 0 Å². The van der Waals surface area contributed by atoms with Crippen LogP contribution < -0.4 is 4.90 Å². The standard InChI is InChI=1S/C50H35N/c1-2-11-36(12-3-1)37-23-29-44(30-24-37)51(46-33-27-41(28-34-46)49-21-9-15-39-13-4-6-19-47(39)49)45-31-25-38(26-32-45)42-17-8-18-43(35-42)50-22-10-16-40-14-5-7-20-48(40)50/h1-35H/i23D,24D,27D,28D,29D,30D,33D,34D. The first-order chi connectivity index (χ1) is 28.6. The van der Waals surface area contributed by atoms with Crippen molar-refractivity contribution in [2.45, 2.75) is 0 Å². The van der Waals surface area contributed by atoms with Gasteiger partial charge in [-0.05, 0) is 108 Å². The molecule has 0 bridgehead atoms. The molecule has 240 valence electrons. The first kappa shape index (κ1) is 22.8. The summed E-state index contributed by atoms with van der Waals surface area (Å²) in [6.45, 7) is 0. The summed E-state index contributed by atoms with van der Waals surface area (Å²) in [6.07, 6.45) is 0. The number of benzene rings is 9. The van der Waals surface area contributed by atoms with Crippen LogP contribution in [-0.4, -0.2) is 0 Å². The summed E-state index contributed by atoms with van der Waals surface area (Å²) >= 11 is 0. The van der Waals surface area contributed by atoms with Crippen LogP contribution >= 0.6 is 0 Å². The highest BCUT2D eigenvalue weighted by Crippen LogP contribution is 2.39. The summed E-state index contributed by atoms with van der Waals surface area (Å²) in [6, 6.07) is 49.2. The second kappa shape index (κ2) is 13.3. The second-order valence-electron chi connectivity index (χ2n) is 12.3. The lowest BCUT2D eigenvalue weighted by Crippen LogP contribution is -2.09. The van der Waals surface area contributed by atoms with Gasteiger partial charge in [0.05, 0.1) is 11.0 Å². The van der Waals surface area contributed by atoms with Gasteiger partial charge in [-0.3, -0.25) is 0 Å². The Bertz CT molecular complexity index is 3020. The average molecular weight is 658 g/mol. The number of rotatable bonds is 7. The molecule has 0 aromatic heterocycles. The predicted molar refractivity (Wildman–Crippen MR) is 218 cm³/mol. The predicted octanol–water partition coefficient (Wildman–Crippen LogP) is 14.1. The molecule has 0 atom stereocenters. The number of fused-ring (bicyclic) bond motifs is 2. The summed E-state index contributed by atoms with van der Waals surface area (Å²) in [4.78, 5) is 1.35. The topological polar surface area (TPSA) is 3.24 Å². The van der Waals surface area contributed by atoms with Crippen molar-refractivity contribution in [2.24, 2.45) is 0 Å². The van der Waals surface area contributed by atoms with Crippen molar-refractivity contribution in [3.8, 4) is 44.5 Å². The number of hydrogen-bond donors (Lipinski definition) is 0. The lowest BCUT2D eigenvalue weighted by atomic mass is 9.95. The van der Waals surface area contributed by atoms with Crippen molar-refractivity contribution in [3.05, 3.63) is 212 Å². The summed E-state index contributed by atoms with van der Waals surface area (Å²) in [5.74, 6) is 0. The highest BCUT2D eigenvalue weighted by molar-refractivity contribution is 5.98. The van der Waals surface area contributed by atoms with Crippen LogP contribution in [0.4, 0.5) is 17.1 Å². The van der Waals surface area contributed by atoms with Crippen molar-refractivity contribution in [3.63, 3.8) is 0 Å². The molecule has 0 saturated carbocycles. The van der Waals surface area contributed by atoms with Crippen LogP contribution in [0.15, 0.2) is 212 Å². The molecule has 0 aliphatic rings. The molecule has 0 spiro atoms.